The summed E-state index contributed by atoms with van der Waals surface area (Å²) < 4.78 is 0. The molecule has 1 aromatic heterocycles. The zero-order valence-electron chi connectivity index (χ0n) is 13.6. The highest BCUT2D eigenvalue weighted by molar-refractivity contribution is 7.11. The number of nitrogens with zero attached hydrogens (tertiary/aromatic N) is 2. The van der Waals surface area contributed by atoms with Gasteiger partial charge < -0.3 is 16.0 Å². The van der Waals surface area contributed by atoms with Gasteiger partial charge >= 0.3 is 0 Å². The summed E-state index contributed by atoms with van der Waals surface area (Å²) in [7, 11) is 1.65. The van der Waals surface area contributed by atoms with Crippen LogP contribution in [0.1, 0.15) is 15.4 Å². The molecule has 1 amide bonds. The fraction of sp³-hybridized carbons (Fsp3) is 0.235. The number of amides is 1. The second kappa shape index (κ2) is 8.70. The Morgan fingerprint density at radius 1 is 1.42 bits per heavy atom. The van der Waals surface area contributed by atoms with Crippen molar-refractivity contribution < 1.29 is 4.79 Å². The van der Waals surface area contributed by atoms with Gasteiger partial charge in [0.25, 0.3) is 0 Å². The molecule has 6 nitrogen and oxygen atoms in total. The predicted octanol–water partition coefficient (Wildman–Crippen LogP) is 1.74. The van der Waals surface area contributed by atoms with E-state index in [1.807, 2.05) is 13.1 Å². The largest absolute Gasteiger partial charge is 0.350 e. The number of nitrogens with one attached hydrogen (secondary N) is 3. The number of carbonyl (C=O) groups excluding carboxylic acids is 1. The van der Waals surface area contributed by atoms with Crippen LogP contribution in [-0.2, 0) is 11.3 Å². The molecule has 3 N–H and O–H groups in total. The molecule has 0 aliphatic heterocycles. The predicted molar refractivity (Wildman–Crippen MR) is 98.1 cm³/mol. The summed E-state index contributed by atoms with van der Waals surface area (Å²) >= 11 is 1.62. The van der Waals surface area contributed by atoms with Gasteiger partial charge in [0.15, 0.2) is 5.96 Å². The van der Waals surface area contributed by atoms with E-state index in [0.717, 1.165) is 15.4 Å². The molecule has 0 bridgehead atoms. The van der Waals surface area contributed by atoms with Crippen molar-refractivity contribution in [2.45, 2.75) is 13.5 Å². The number of rotatable bonds is 5. The molecule has 0 fully saturated rings. The van der Waals surface area contributed by atoms with Crippen molar-refractivity contribution >= 4 is 28.9 Å². The lowest BCUT2D eigenvalue weighted by Gasteiger charge is -2.11. The molecule has 0 aliphatic carbocycles. The van der Waals surface area contributed by atoms with Crippen LogP contribution in [0.3, 0.4) is 0 Å². The molecule has 7 heteroatoms. The Hall–Kier alpha value is -2.85. The van der Waals surface area contributed by atoms with Crippen LogP contribution in [0.15, 0.2) is 35.5 Å². The van der Waals surface area contributed by atoms with Crippen molar-refractivity contribution in [1.29, 1.82) is 0 Å². The Labute approximate surface area is 145 Å². The first-order valence-corrected chi connectivity index (χ1v) is 8.14. The number of anilines is 1. The minimum Gasteiger partial charge on any atom is -0.350 e. The summed E-state index contributed by atoms with van der Waals surface area (Å²) in [5.41, 5.74) is 1.38. The first-order valence-electron chi connectivity index (χ1n) is 7.33. The molecule has 1 aromatic carbocycles. The molecule has 1 heterocycles. The Balaban J connectivity index is 1.79. The van der Waals surface area contributed by atoms with E-state index in [1.165, 1.54) is 0 Å². The number of terminal acetylenes is 1. The number of aromatic nitrogens is 1. The minimum absolute atomic E-state index is 0.0941. The summed E-state index contributed by atoms with van der Waals surface area (Å²) in [6, 6.07) is 7.14. The van der Waals surface area contributed by atoms with E-state index in [1.54, 1.807) is 42.6 Å². The maximum absolute atomic E-state index is 12.0. The van der Waals surface area contributed by atoms with Crippen molar-refractivity contribution in [2.75, 3.05) is 18.9 Å². The molecule has 0 unspecified atom stereocenters. The van der Waals surface area contributed by atoms with Gasteiger partial charge in [-0.2, -0.15) is 0 Å². The van der Waals surface area contributed by atoms with E-state index in [4.69, 9.17) is 6.42 Å². The Morgan fingerprint density at radius 2 is 2.25 bits per heavy atom. The van der Waals surface area contributed by atoms with Crippen molar-refractivity contribution in [3.63, 3.8) is 0 Å². The van der Waals surface area contributed by atoms with E-state index in [0.29, 0.717) is 18.2 Å². The van der Waals surface area contributed by atoms with Crippen molar-refractivity contribution in [3.8, 4) is 12.3 Å². The minimum atomic E-state index is -0.183. The molecular formula is C17H19N5OS. The first-order chi connectivity index (χ1) is 11.6. The van der Waals surface area contributed by atoms with Gasteiger partial charge in [-0.15, -0.1) is 17.8 Å². The Morgan fingerprint density at radius 3 is 2.92 bits per heavy atom. The molecule has 124 valence electrons. The Kier molecular flexibility index (Phi) is 6.34. The molecule has 0 radical (unpaired) electrons. The maximum Gasteiger partial charge on any atom is 0.243 e. The summed E-state index contributed by atoms with van der Waals surface area (Å²) in [5, 5.41) is 9.82. The van der Waals surface area contributed by atoms with Gasteiger partial charge in [-0.05, 0) is 25.1 Å². The third-order valence-corrected chi connectivity index (χ3v) is 3.94. The van der Waals surface area contributed by atoms with Gasteiger partial charge in [0.1, 0.15) is 5.01 Å². The number of aryl methyl sites for hydroxylation is 1. The molecule has 0 saturated carbocycles. The lowest BCUT2D eigenvalue weighted by molar-refractivity contribution is -0.115. The van der Waals surface area contributed by atoms with E-state index in [9.17, 15) is 4.79 Å². The van der Waals surface area contributed by atoms with Crippen LogP contribution in [0.25, 0.3) is 0 Å². The zero-order valence-corrected chi connectivity index (χ0v) is 14.4. The van der Waals surface area contributed by atoms with Gasteiger partial charge in [0, 0.05) is 29.4 Å². The second-order valence-electron chi connectivity index (χ2n) is 4.92. The number of benzene rings is 1. The topological polar surface area (TPSA) is 78.4 Å². The average molecular weight is 341 g/mol. The van der Waals surface area contributed by atoms with Crippen LogP contribution >= 0.6 is 11.3 Å². The monoisotopic (exact) mass is 341 g/mol. The normalized spacial score (nSPS) is 10.8. The number of hydrogen-bond donors (Lipinski definition) is 3. The fourth-order valence-electron chi connectivity index (χ4n) is 1.92. The van der Waals surface area contributed by atoms with Crippen LogP contribution in [-0.4, -0.2) is 30.4 Å². The van der Waals surface area contributed by atoms with Gasteiger partial charge in [-0.1, -0.05) is 12.0 Å². The molecule has 2 rings (SSSR count). The molecule has 0 aliphatic rings. The van der Waals surface area contributed by atoms with Crippen molar-refractivity contribution in [3.05, 3.63) is 45.9 Å². The van der Waals surface area contributed by atoms with Crippen LogP contribution in [0.5, 0.6) is 0 Å². The van der Waals surface area contributed by atoms with Gasteiger partial charge in [0.05, 0.1) is 13.1 Å². The highest BCUT2D eigenvalue weighted by Crippen LogP contribution is 2.10. The molecule has 24 heavy (non-hydrogen) atoms. The van der Waals surface area contributed by atoms with Gasteiger partial charge in [-0.25, -0.2) is 4.98 Å². The van der Waals surface area contributed by atoms with Crippen LogP contribution in [0.4, 0.5) is 5.69 Å². The standard InChI is InChI=1S/C17H19N5OS/c1-4-13-6-5-7-14(8-13)22-15(23)10-20-17(18-3)21-11-16-19-9-12(2)24-16/h1,5-9H,10-11H2,2-3H3,(H,22,23)(H2,18,20,21). The van der Waals surface area contributed by atoms with Crippen LogP contribution in [0, 0.1) is 19.3 Å². The average Bonchev–Trinajstić information content (AvgIpc) is 3.00. The van der Waals surface area contributed by atoms with Crippen molar-refractivity contribution in [1.82, 2.24) is 15.6 Å². The number of thiazole rings is 1. The molecular weight excluding hydrogens is 322 g/mol. The highest BCUT2D eigenvalue weighted by atomic mass is 32.1. The lowest BCUT2D eigenvalue weighted by Crippen LogP contribution is -2.41. The zero-order chi connectivity index (χ0) is 17.4. The third-order valence-electron chi connectivity index (χ3n) is 3.03. The number of hydrogen-bond acceptors (Lipinski definition) is 4. The SMILES string of the molecule is C#Cc1cccc(NC(=O)CNC(=NC)NCc2ncc(C)s2)c1. The van der Waals surface area contributed by atoms with Gasteiger partial charge in [-0.3, -0.25) is 9.79 Å². The molecule has 0 spiro atoms. The molecule has 0 saturated heterocycles. The molecule has 0 atom stereocenters. The summed E-state index contributed by atoms with van der Waals surface area (Å²) in [6.45, 7) is 2.66. The summed E-state index contributed by atoms with van der Waals surface area (Å²) in [5.74, 6) is 2.89. The van der Waals surface area contributed by atoms with Crippen molar-refractivity contribution in [2.24, 2.45) is 4.99 Å². The maximum atomic E-state index is 12.0. The van der Waals surface area contributed by atoms with Crippen LogP contribution in [0.2, 0.25) is 0 Å². The van der Waals surface area contributed by atoms with E-state index in [2.05, 4.69) is 31.8 Å². The number of guanidine groups is 1. The third kappa shape index (κ3) is 5.41. The Bertz CT molecular complexity index is 775. The van der Waals surface area contributed by atoms with E-state index >= 15 is 0 Å². The smallest absolute Gasteiger partial charge is 0.243 e. The van der Waals surface area contributed by atoms with Gasteiger partial charge in [0.2, 0.25) is 5.91 Å². The first kappa shape index (κ1) is 17.5. The molecule has 2 aromatic rings. The van der Waals surface area contributed by atoms with Crippen LogP contribution < -0.4 is 16.0 Å². The summed E-state index contributed by atoms with van der Waals surface area (Å²) in [4.78, 5) is 21.5. The summed E-state index contributed by atoms with van der Waals surface area (Å²) in [6.07, 6.45) is 7.17. The second-order valence-corrected chi connectivity index (χ2v) is 6.24. The van der Waals surface area contributed by atoms with E-state index in [-0.39, 0.29) is 12.5 Å². The lowest BCUT2D eigenvalue weighted by atomic mass is 10.2. The number of aliphatic imine (C=N–C) groups is 1. The number of carbonyl (C=O) groups is 1. The fourth-order valence-corrected chi connectivity index (χ4v) is 2.65. The van der Waals surface area contributed by atoms with E-state index < -0.39 is 0 Å². The quantitative estimate of drug-likeness (QED) is 0.440. The highest BCUT2D eigenvalue weighted by Gasteiger charge is 2.06.